The smallest absolute Gasteiger partial charge is 0.294 e. The van der Waals surface area contributed by atoms with E-state index >= 15 is 0 Å². The molecule has 2 aliphatic heterocycles. The van der Waals surface area contributed by atoms with Gasteiger partial charge in [0, 0.05) is 38.3 Å². The number of nitrogens with zero attached hydrogens (tertiary/aromatic N) is 3. The first-order valence-corrected chi connectivity index (χ1v) is 13.6. The Morgan fingerprint density at radius 2 is 1.67 bits per heavy atom. The van der Waals surface area contributed by atoms with Crippen LogP contribution in [0.4, 0.5) is 5.69 Å². The summed E-state index contributed by atoms with van der Waals surface area (Å²) in [5, 5.41) is 3.02. The monoisotopic (exact) mass is 524 g/mol. The zero-order chi connectivity index (χ0) is 27.2. The molecule has 2 aliphatic rings. The first-order chi connectivity index (χ1) is 19.0. The van der Waals surface area contributed by atoms with E-state index in [0.29, 0.717) is 24.4 Å². The second kappa shape index (κ2) is 12.3. The average molecular weight is 525 g/mol. The molecule has 202 valence electrons. The Balaban J connectivity index is 1.21. The Labute approximate surface area is 230 Å². The molecule has 39 heavy (non-hydrogen) atoms. The van der Waals surface area contributed by atoms with Crippen LogP contribution in [0.25, 0.3) is 6.08 Å². The van der Waals surface area contributed by atoms with Gasteiger partial charge in [-0.15, -0.1) is 0 Å². The molecule has 1 fully saturated rings. The number of para-hydroxylation sites is 2. The van der Waals surface area contributed by atoms with Gasteiger partial charge in [0.2, 0.25) is 0 Å². The van der Waals surface area contributed by atoms with E-state index < -0.39 is 0 Å². The molecule has 0 bridgehead atoms. The molecule has 1 saturated heterocycles. The number of rotatable bonds is 8. The van der Waals surface area contributed by atoms with Crippen molar-refractivity contribution in [2.45, 2.75) is 19.9 Å². The molecule has 7 nitrogen and oxygen atoms in total. The predicted molar refractivity (Wildman–Crippen MR) is 155 cm³/mol. The number of anilines is 1. The van der Waals surface area contributed by atoms with Crippen LogP contribution in [0.2, 0.25) is 0 Å². The van der Waals surface area contributed by atoms with Crippen LogP contribution in [0, 0.1) is 6.92 Å². The summed E-state index contributed by atoms with van der Waals surface area (Å²) in [7, 11) is 2.15. The van der Waals surface area contributed by atoms with Gasteiger partial charge in [-0.3, -0.25) is 14.5 Å². The maximum Gasteiger partial charge on any atom is 0.294 e. The Bertz CT molecular complexity index is 1330. The average Bonchev–Trinajstić information content (AvgIpc) is 2.95. The highest BCUT2D eigenvalue weighted by Crippen LogP contribution is 2.36. The second-order valence-corrected chi connectivity index (χ2v) is 10.3. The number of amides is 2. The lowest BCUT2D eigenvalue weighted by molar-refractivity contribution is -0.117. The number of piperazine rings is 1. The highest BCUT2D eigenvalue weighted by atomic mass is 16.5. The van der Waals surface area contributed by atoms with E-state index in [1.165, 1.54) is 5.56 Å². The molecule has 0 atom stereocenters. The number of carbonyl (C=O) groups excluding carboxylic acids is 2. The largest absolute Gasteiger partial charge is 0.449 e. The summed E-state index contributed by atoms with van der Waals surface area (Å²) in [6, 6.07) is 23.0. The fraction of sp³-hybridized carbons (Fsp3) is 0.312. The molecule has 5 rings (SSSR count). The number of aryl methyl sites for hydroxylation is 1. The fourth-order valence-corrected chi connectivity index (χ4v) is 4.86. The van der Waals surface area contributed by atoms with Gasteiger partial charge in [-0.05, 0) is 68.4 Å². The van der Waals surface area contributed by atoms with E-state index in [2.05, 4.69) is 22.2 Å². The normalized spacial score (nSPS) is 17.1. The predicted octanol–water partition coefficient (Wildman–Crippen LogP) is 4.33. The number of hydrogen-bond acceptors (Lipinski definition) is 5. The number of nitrogens with one attached hydrogen (secondary N) is 1. The minimum absolute atomic E-state index is 0.0872. The molecular formula is C32H36N4O3. The van der Waals surface area contributed by atoms with Crippen LogP contribution in [-0.4, -0.2) is 67.9 Å². The number of likely N-dealkylation sites (N-methyl/N-ethyl adjacent to an activating group) is 1. The minimum Gasteiger partial charge on any atom is -0.449 e. The van der Waals surface area contributed by atoms with Crippen molar-refractivity contribution in [2.75, 3.05) is 51.2 Å². The number of carbonyl (C=O) groups is 2. The summed E-state index contributed by atoms with van der Waals surface area (Å²) in [6.45, 7) is 8.51. The van der Waals surface area contributed by atoms with Crippen LogP contribution < -0.4 is 15.0 Å². The van der Waals surface area contributed by atoms with Crippen molar-refractivity contribution in [2.24, 2.45) is 0 Å². The van der Waals surface area contributed by atoms with Crippen molar-refractivity contribution < 1.29 is 14.3 Å². The van der Waals surface area contributed by atoms with Gasteiger partial charge in [0.25, 0.3) is 11.8 Å². The Hall–Kier alpha value is -3.94. The minimum atomic E-state index is -0.198. The van der Waals surface area contributed by atoms with Crippen molar-refractivity contribution in [3.8, 4) is 5.75 Å². The van der Waals surface area contributed by atoms with Gasteiger partial charge in [-0.2, -0.15) is 0 Å². The van der Waals surface area contributed by atoms with Gasteiger partial charge in [-0.25, -0.2) is 0 Å². The van der Waals surface area contributed by atoms with Gasteiger partial charge in [0.05, 0.1) is 12.2 Å². The molecule has 3 aromatic carbocycles. The van der Waals surface area contributed by atoms with Gasteiger partial charge in [-0.1, -0.05) is 54.1 Å². The first-order valence-electron chi connectivity index (χ1n) is 13.6. The molecule has 2 heterocycles. The second-order valence-electron chi connectivity index (χ2n) is 10.3. The molecular weight excluding hydrogens is 488 g/mol. The van der Waals surface area contributed by atoms with Crippen molar-refractivity contribution in [1.82, 2.24) is 15.1 Å². The Morgan fingerprint density at radius 3 is 2.41 bits per heavy atom. The zero-order valence-electron chi connectivity index (χ0n) is 22.7. The van der Waals surface area contributed by atoms with E-state index in [4.69, 9.17) is 4.74 Å². The van der Waals surface area contributed by atoms with Crippen molar-refractivity contribution in [1.29, 1.82) is 0 Å². The molecule has 3 aromatic rings. The summed E-state index contributed by atoms with van der Waals surface area (Å²) in [5.74, 6) is 0.608. The van der Waals surface area contributed by atoms with Gasteiger partial charge >= 0.3 is 0 Å². The number of fused-ring (bicyclic) bond motifs is 1. The standard InChI is InChI=1S/C32H36N4O3/c1-24-8-10-26(11-9-24)23-36-28-6-3-4-7-29(28)39-30(32(36)38)22-25-12-14-27(15-13-25)31(37)33-16-5-17-35-20-18-34(2)19-21-35/h3-4,6-15,22H,5,16-21,23H2,1-2H3,(H,33,37). The highest BCUT2D eigenvalue weighted by Gasteiger charge is 2.30. The van der Waals surface area contributed by atoms with Crippen molar-refractivity contribution in [3.63, 3.8) is 0 Å². The topological polar surface area (TPSA) is 65.1 Å². The molecule has 7 heteroatoms. The summed E-state index contributed by atoms with van der Waals surface area (Å²) < 4.78 is 6.02. The van der Waals surface area contributed by atoms with Crippen LogP contribution in [0.1, 0.15) is 33.5 Å². The lowest BCUT2D eigenvalue weighted by Crippen LogP contribution is -2.45. The van der Waals surface area contributed by atoms with Crippen LogP contribution >= 0.6 is 0 Å². The zero-order valence-corrected chi connectivity index (χ0v) is 22.7. The summed E-state index contributed by atoms with van der Waals surface area (Å²) in [5.41, 5.74) is 4.36. The summed E-state index contributed by atoms with van der Waals surface area (Å²) >= 11 is 0. The SMILES string of the molecule is Cc1ccc(CN2C(=O)C(=Cc3ccc(C(=O)NCCCN4CCN(C)CC4)cc3)Oc3ccccc32)cc1. The summed E-state index contributed by atoms with van der Waals surface area (Å²) in [6.07, 6.45) is 2.66. The van der Waals surface area contributed by atoms with Gasteiger partial charge in [0.1, 0.15) is 0 Å². The maximum absolute atomic E-state index is 13.5. The van der Waals surface area contributed by atoms with Gasteiger partial charge in [0.15, 0.2) is 11.5 Å². The van der Waals surface area contributed by atoms with Crippen LogP contribution in [0.5, 0.6) is 5.75 Å². The Kier molecular flexibility index (Phi) is 8.39. The fourth-order valence-electron chi connectivity index (χ4n) is 4.86. The van der Waals surface area contributed by atoms with E-state index in [1.54, 1.807) is 23.1 Å². The molecule has 0 aromatic heterocycles. The van der Waals surface area contributed by atoms with Crippen LogP contribution in [-0.2, 0) is 11.3 Å². The summed E-state index contributed by atoms with van der Waals surface area (Å²) in [4.78, 5) is 32.7. The van der Waals surface area contributed by atoms with E-state index in [-0.39, 0.29) is 17.6 Å². The van der Waals surface area contributed by atoms with Crippen molar-refractivity contribution in [3.05, 3.63) is 101 Å². The molecule has 0 radical (unpaired) electrons. The number of ether oxygens (including phenoxy) is 1. The molecule has 0 saturated carbocycles. The van der Waals surface area contributed by atoms with E-state index in [9.17, 15) is 9.59 Å². The molecule has 0 unspecified atom stereocenters. The third-order valence-electron chi connectivity index (χ3n) is 7.30. The lowest BCUT2D eigenvalue weighted by atomic mass is 10.1. The lowest BCUT2D eigenvalue weighted by Gasteiger charge is -2.32. The third-order valence-corrected chi connectivity index (χ3v) is 7.30. The molecule has 0 aliphatic carbocycles. The van der Waals surface area contributed by atoms with E-state index in [1.807, 2.05) is 67.6 Å². The van der Waals surface area contributed by atoms with Gasteiger partial charge < -0.3 is 19.9 Å². The first kappa shape index (κ1) is 26.7. The van der Waals surface area contributed by atoms with Crippen molar-refractivity contribution >= 4 is 23.6 Å². The van der Waals surface area contributed by atoms with Crippen LogP contribution in [0.15, 0.2) is 78.6 Å². The number of benzene rings is 3. The number of hydrogen-bond donors (Lipinski definition) is 1. The van der Waals surface area contributed by atoms with Crippen LogP contribution in [0.3, 0.4) is 0 Å². The third kappa shape index (κ3) is 6.74. The van der Waals surface area contributed by atoms with E-state index in [0.717, 1.165) is 56.0 Å². The molecule has 0 spiro atoms. The maximum atomic E-state index is 13.5. The quantitative estimate of drug-likeness (QED) is 0.351. The molecule has 2 amide bonds. The molecule has 1 N–H and O–H groups in total. The Morgan fingerprint density at radius 1 is 0.949 bits per heavy atom. The highest BCUT2D eigenvalue weighted by molar-refractivity contribution is 6.09.